The number of ether oxygens (including phenoxy) is 1. The molecule has 2 amide bonds. The normalized spacial score (nSPS) is 17.3. The number of amides is 2. The quantitative estimate of drug-likeness (QED) is 0.738. The third-order valence-electron chi connectivity index (χ3n) is 4.77. The van der Waals surface area contributed by atoms with E-state index in [-0.39, 0.29) is 11.6 Å². The molecule has 1 aromatic carbocycles. The van der Waals surface area contributed by atoms with Gasteiger partial charge in [0.2, 0.25) is 0 Å². The van der Waals surface area contributed by atoms with Gasteiger partial charge in [-0.2, -0.15) is 11.8 Å². The summed E-state index contributed by atoms with van der Waals surface area (Å²) in [6.07, 6.45) is 2.33. The van der Waals surface area contributed by atoms with Gasteiger partial charge in [0.05, 0.1) is 18.3 Å². The number of carboxylic acids is 1. The number of methoxy groups -OCH3 is 1. The minimum atomic E-state index is -0.996. The third kappa shape index (κ3) is 5.22. The lowest BCUT2D eigenvalue weighted by molar-refractivity contribution is -0.139. The second-order valence-corrected chi connectivity index (χ2v) is 8.16. The summed E-state index contributed by atoms with van der Waals surface area (Å²) in [5.74, 6) is 0.487. The molecule has 8 heteroatoms. The summed E-state index contributed by atoms with van der Waals surface area (Å²) in [6, 6.07) is 6.65. The number of piperazine rings is 1. The summed E-state index contributed by atoms with van der Waals surface area (Å²) in [4.78, 5) is 28.0. The van der Waals surface area contributed by atoms with Gasteiger partial charge in [-0.25, -0.2) is 9.59 Å². The van der Waals surface area contributed by atoms with E-state index in [2.05, 4.69) is 24.1 Å². The Balaban J connectivity index is 2.07. The van der Waals surface area contributed by atoms with E-state index in [4.69, 9.17) is 4.74 Å². The van der Waals surface area contributed by atoms with Gasteiger partial charge < -0.3 is 25.0 Å². The van der Waals surface area contributed by atoms with Crippen molar-refractivity contribution in [3.63, 3.8) is 0 Å². The van der Waals surface area contributed by atoms with Crippen molar-refractivity contribution < 1.29 is 19.4 Å². The first-order valence-electron chi connectivity index (χ1n) is 8.98. The van der Waals surface area contributed by atoms with E-state index in [1.807, 2.05) is 30.5 Å². The van der Waals surface area contributed by atoms with Crippen molar-refractivity contribution in [3.05, 3.63) is 24.3 Å². The predicted octanol–water partition coefficient (Wildman–Crippen LogP) is 2.51. The summed E-state index contributed by atoms with van der Waals surface area (Å²) in [5, 5.41) is 12.0. The number of hydrogen-bond acceptors (Lipinski definition) is 5. The Bertz CT molecular complexity index is 668. The van der Waals surface area contributed by atoms with Gasteiger partial charge in [-0.15, -0.1) is 0 Å². The maximum atomic E-state index is 12.6. The Kier molecular flexibility index (Phi) is 7.24. The summed E-state index contributed by atoms with van der Waals surface area (Å²) in [6.45, 7) is 5.79. The maximum Gasteiger partial charge on any atom is 0.326 e. The molecule has 0 radical (unpaired) electrons. The second kappa shape index (κ2) is 9.21. The number of thioether (sulfide) groups is 1. The monoisotopic (exact) mass is 395 g/mol. The van der Waals surface area contributed by atoms with Gasteiger partial charge in [0.15, 0.2) is 0 Å². The fourth-order valence-corrected chi connectivity index (χ4v) is 3.83. The molecule has 0 aromatic heterocycles. The summed E-state index contributed by atoms with van der Waals surface area (Å²) in [7, 11) is 1.65. The zero-order valence-electron chi connectivity index (χ0n) is 16.4. The number of carbonyl (C=O) groups is 2. The Morgan fingerprint density at radius 1 is 1.33 bits per heavy atom. The van der Waals surface area contributed by atoms with Crippen LogP contribution in [0.2, 0.25) is 0 Å². The SMILES string of the molecule is COc1ccccc1N1CCN(C(=O)N[C@@H](CCSC)C(=O)O)CC1(C)C. The van der Waals surface area contributed by atoms with Crippen LogP contribution >= 0.6 is 11.8 Å². The zero-order valence-corrected chi connectivity index (χ0v) is 17.2. The largest absolute Gasteiger partial charge is 0.495 e. The smallest absolute Gasteiger partial charge is 0.326 e. The van der Waals surface area contributed by atoms with Gasteiger partial charge in [-0.1, -0.05) is 12.1 Å². The van der Waals surface area contributed by atoms with Crippen molar-refractivity contribution in [2.75, 3.05) is 43.7 Å². The molecule has 0 saturated carbocycles. The molecule has 1 heterocycles. The molecule has 0 bridgehead atoms. The van der Waals surface area contributed by atoms with Gasteiger partial charge in [-0.3, -0.25) is 0 Å². The van der Waals surface area contributed by atoms with Crippen LogP contribution in [0.15, 0.2) is 24.3 Å². The third-order valence-corrected chi connectivity index (χ3v) is 5.42. The fourth-order valence-electron chi connectivity index (χ4n) is 3.36. The molecule has 0 spiro atoms. The molecule has 0 aliphatic carbocycles. The number of para-hydroxylation sites is 2. The Labute approximate surface area is 165 Å². The molecule has 150 valence electrons. The Morgan fingerprint density at radius 3 is 2.63 bits per heavy atom. The van der Waals surface area contributed by atoms with E-state index in [1.54, 1.807) is 23.8 Å². The lowest BCUT2D eigenvalue weighted by Gasteiger charge is -2.48. The van der Waals surface area contributed by atoms with E-state index < -0.39 is 12.0 Å². The molecule has 2 rings (SSSR count). The summed E-state index contributed by atoms with van der Waals surface area (Å²) < 4.78 is 5.48. The molecule has 1 aromatic rings. The minimum absolute atomic E-state index is 0.317. The number of aliphatic carboxylic acids is 1. The molecular weight excluding hydrogens is 366 g/mol. The number of carboxylic acid groups (broad SMARTS) is 1. The van der Waals surface area contributed by atoms with Crippen molar-refractivity contribution >= 4 is 29.4 Å². The minimum Gasteiger partial charge on any atom is -0.495 e. The van der Waals surface area contributed by atoms with Crippen LogP contribution in [0.5, 0.6) is 5.75 Å². The highest BCUT2D eigenvalue weighted by Gasteiger charge is 2.37. The van der Waals surface area contributed by atoms with Crippen molar-refractivity contribution in [1.29, 1.82) is 0 Å². The number of hydrogen-bond donors (Lipinski definition) is 2. The highest BCUT2D eigenvalue weighted by atomic mass is 32.2. The van der Waals surface area contributed by atoms with Crippen LogP contribution in [0.1, 0.15) is 20.3 Å². The summed E-state index contributed by atoms with van der Waals surface area (Å²) in [5.41, 5.74) is 0.677. The van der Waals surface area contributed by atoms with Crippen molar-refractivity contribution in [2.24, 2.45) is 0 Å². The van der Waals surface area contributed by atoms with Gasteiger partial charge in [-0.05, 0) is 44.4 Å². The second-order valence-electron chi connectivity index (χ2n) is 7.18. The Morgan fingerprint density at radius 2 is 2.04 bits per heavy atom. The van der Waals surface area contributed by atoms with E-state index in [0.29, 0.717) is 31.8 Å². The first-order valence-corrected chi connectivity index (χ1v) is 10.4. The van der Waals surface area contributed by atoms with Crippen molar-refractivity contribution in [1.82, 2.24) is 10.2 Å². The molecule has 0 unspecified atom stereocenters. The standard InChI is InChI=1S/C19H29N3O4S/c1-19(2)13-21(18(25)20-14(17(23)24)9-12-27-4)10-11-22(19)15-7-5-6-8-16(15)26-3/h5-8,14H,9-13H2,1-4H3,(H,20,25)(H,23,24)/t14-/m0/s1. The number of anilines is 1. The molecule has 1 atom stereocenters. The number of nitrogens with one attached hydrogen (secondary N) is 1. The van der Waals surface area contributed by atoms with E-state index in [9.17, 15) is 14.7 Å². The molecule has 1 saturated heterocycles. The van der Waals surface area contributed by atoms with Crippen LogP contribution in [0.3, 0.4) is 0 Å². The average molecular weight is 396 g/mol. The van der Waals surface area contributed by atoms with Crippen LogP contribution in [-0.2, 0) is 4.79 Å². The number of urea groups is 1. The van der Waals surface area contributed by atoms with Gasteiger partial charge in [0.1, 0.15) is 11.8 Å². The molecule has 27 heavy (non-hydrogen) atoms. The topological polar surface area (TPSA) is 82.1 Å². The van der Waals surface area contributed by atoms with Crippen LogP contribution in [0.4, 0.5) is 10.5 Å². The molecule has 1 aliphatic rings. The van der Waals surface area contributed by atoms with Crippen LogP contribution < -0.4 is 15.0 Å². The number of benzene rings is 1. The predicted molar refractivity (Wildman–Crippen MR) is 109 cm³/mol. The van der Waals surface area contributed by atoms with E-state index >= 15 is 0 Å². The molecule has 1 aliphatic heterocycles. The first-order chi connectivity index (χ1) is 12.8. The van der Waals surface area contributed by atoms with Crippen molar-refractivity contribution in [2.45, 2.75) is 31.8 Å². The highest BCUT2D eigenvalue weighted by Crippen LogP contribution is 2.34. The molecule has 7 nitrogen and oxygen atoms in total. The molecule has 1 fully saturated rings. The number of carbonyl (C=O) groups excluding carboxylic acids is 1. The first kappa shape index (κ1) is 21.2. The lowest BCUT2D eigenvalue weighted by Crippen LogP contribution is -2.63. The van der Waals surface area contributed by atoms with Crippen LogP contribution in [0.25, 0.3) is 0 Å². The number of rotatable bonds is 7. The maximum absolute atomic E-state index is 12.6. The van der Waals surface area contributed by atoms with Crippen LogP contribution in [0, 0.1) is 0 Å². The van der Waals surface area contributed by atoms with Gasteiger partial charge >= 0.3 is 12.0 Å². The lowest BCUT2D eigenvalue weighted by atomic mass is 9.97. The van der Waals surface area contributed by atoms with Gasteiger partial charge in [0.25, 0.3) is 0 Å². The molecular formula is C19H29N3O4S. The van der Waals surface area contributed by atoms with E-state index in [0.717, 1.165) is 11.4 Å². The average Bonchev–Trinajstić information content (AvgIpc) is 2.63. The summed E-state index contributed by atoms with van der Waals surface area (Å²) >= 11 is 1.56. The molecule has 2 N–H and O–H groups in total. The van der Waals surface area contributed by atoms with Crippen molar-refractivity contribution in [3.8, 4) is 5.75 Å². The number of nitrogens with zero attached hydrogens (tertiary/aromatic N) is 2. The highest BCUT2D eigenvalue weighted by molar-refractivity contribution is 7.98. The van der Waals surface area contributed by atoms with Gasteiger partial charge in [0, 0.05) is 19.6 Å². The zero-order chi connectivity index (χ0) is 20.0. The van der Waals surface area contributed by atoms with E-state index in [1.165, 1.54) is 0 Å². The fraction of sp³-hybridized carbons (Fsp3) is 0.579. The van der Waals surface area contributed by atoms with Crippen LogP contribution in [-0.4, -0.2) is 72.3 Å². The Hall–Kier alpha value is -2.09.